The standard InChI is InChI=1S/C33H33ClFN5O4/c1-6-23(42)38-15-19(5)39-20(16-38)12-14-44-31-25-30(27(35)24(26(31)34)21-9-7-8-10-22(21)41)40(33(43)37-32(25)39)29-18(4)11-13-36-28(29)17(2)3/h6-11,13,17,19-20,41H,1,12,14-16H2,2-5H3. The van der Waals surface area contributed by atoms with Crippen molar-refractivity contribution in [3.63, 3.8) is 0 Å². The molecule has 9 nitrogen and oxygen atoms in total. The number of rotatable bonds is 4. The lowest BCUT2D eigenvalue weighted by Gasteiger charge is -2.47. The topological polar surface area (TPSA) is 101 Å². The third-order valence-electron chi connectivity index (χ3n) is 8.46. The SMILES string of the molecule is C=CC(=O)N1CC(C)N2c3nc(=O)n(-c4c(C)ccnc4C(C)C)c4c(F)c(-c5ccccc5O)c(Cl)c(c34)OCCC2C1. The van der Waals surface area contributed by atoms with Crippen LogP contribution in [0.4, 0.5) is 10.2 Å². The van der Waals surface area contributed by atoms with Crippen LogP contribution in [0.25, 0.3) is 27.7 Å². The molecule has 0 bridgehead atoms. The Bertz CT molecular complexity index is 1890. The molecule has 1 N–H and O–H groups in total. The zero-order chi connectivity index (χ0) is 31.4. The van der Waals surface area contributed by atoms with E-state index in [2.05, 4.69) is 16.5 Å². The third kappa shape index (κ3) is 4.59. The van der Waals surface area contributed by atoms with Gasteiger partial charge < -0.3 is 19.6 Å². The van der Waals surface area contributed by atoms with Gasteiger partial charge in [-0.15, -0.1) is 0 Å². The number of aryl methyl sites for hydroxylation is 1. The van der Waals surface area contributed by atoms with E-state index in [1.807, 2.05) is 32.6 Å². The minimum Gasteiger partial charge on any atom is -0.507 e. The second kappa shape index (κ2) is 11.2. The summed E-state index contributed by atoms with van der Waals surface area (Å²) in [6, 6.07) is 7.53. The molecule has 2 aromatic carbocycles. The number of aromatic nitrogens is 3. The van der Waals surface area contributed by atoms with Crippen molar-refractivity contribution in [2.75, 3.05) is 24.6 Å². The number of nitrogens with zero attached hydrogens (tertiary/aromatic N) is 5. The van der Waals surface area contributed by atoms with E-state index in [0.717, 1.165) is 0 Å². The van der Waals surface area contributed by atoms with Gasteiger partial charge in [-0.25, -0.2) is 9.18 Å². The summed E-state index contributed by atoms with van der Waals surface area (Å²) >= 11 is 6.99. The van der Waals surface area contributed by atoms with Crippen LogP contribution in [0.1, 0.15) is 44.4 Å². The molecular weight excluding hydrogens is 585 g/mol. The number of amides is 1. The van der Waals surface area contributed by atoms with E-state index in [0.29, 0.717) is 36.5 Å². The highest BCUT2D eigenvalue weighted by atomic mass is 35.5. The molecule has 4 aromatic rings. The number of carbonyl (C=O) groups is 1. The van der Waals surface area contributed by atoms with Gasteiger partial charge in [0.15, 0.2) is 11.6 Å². The van der Waals surface area contributed by atoms with E-state index in [-0.39, 0.29) is 74.9 Å². The van der Waals surface area contributed by atoms with Crippen molar-refractivity contribution in [2.45, 2.75) is 52.1 Å². The van der Waals surface area contributed by atoms with Gasteiger partial charge in [0, 0.05) is 42.9 Å². The van der Waals surface area contributed by atoms with Gasteiger partial charge in [0.05, 0.1) is 34.4 Å². The summed E-state index contributed by atoms with van der Waals surface area (Å²) in [5.41, 5.74) is 1.03. The van der Waals surface area contributed by atoms with Crippen LogP contribution in [-0.4, -0.2) is 62.2 Å². The van der Waals surface area contributed by atoms with E-state index in [9.17, 15) is 14.7 Å². The predicted octanol–water partition coefficient (Wildman–Crippen LogP) is 5.75. The number of fused-ring (bicyclic) bond motifs is 2. The summed E-state index contributed by atoms with van der Waals surface area (Å²) in [6.07, 6.45) is 3.43. The minimum absolute atomic E-state index is 0.0386. The molecule has 4 heterocycles. The van der Waals surface area contributed by atoms with E-state index in [1.165, 1.54) is 16.7 Å². The fraction of sp³-hybridized carbons (Fsp3) is 0.333. The minimum atomic E-state index is -0.803. The summed E-state index contributed by atoms with van der Waals surface area (Å²) in [7, 11) is 0. The predicted molar refractivity (Wildman–Crippen MR) is 169 cm³/mol. The van der Waals surface area contributed by atoms with Crippen LogP contribution in [0, 0.1) is 12.7 Å². The van der Waals surface area contributed by atoms with Crippen molar-refractivity contribution in [3.05, 3.63) is 81.8 Å². The average molecular weight is 618 g/mol. The quantitative estimate of drug-likeness (QED) is 0.291. The molecule has 1 fully saturated rings. The number of hydrogen-bond donors (Lipinski definition) is 1. The second-order valence-electron chi connectivity index (χ2n) is 11.6. The molecule has 2 atom stereocenters. The van der Waals surface area contributed by atoms with Gasteiger partial charge in [-0.2, -0.15) is 4.98 Å². The second-order valence-corrected chi connectivity index (χ2v) is 12.0. The van der Waals surface area contributed by atoms with Gasteiger partial charge in [-0.3, -0.25) is 14.3 Å². The average Bonchev–Trinajstić information content (AvgIpc) is 2.98. The van der Waals surface area contributed by atoms with Gasteiger partial charge in [0.2, 0.25) is 5.91 Å². The first-order valence-electron chi connectivity index (χ1n) is 14.6. The highest BCUT2D eigenvalue weighted by Gasteiger charge is 2.39. The van der Waals surface area contributed by atoms with Crippen molar-refractivity contribution < 1.29 is 19.0 Å². The number of anilines is 1. The molecule has 2 aromatic heterocycles. The maximum Gasteiger partial charge on any atom is 0.354 e. The maximum atomic E-state index is 17.3. The van der Waals surface area contributed by atoms with Crippen molar-refractivity contribution in [2.24, 2.45) is 0 Å². The van der Waals surface area contributed by atoms with Gasteiger partial charge >= 0.3 is 5.69 Å². The van der Waals surface area contributed by atoms with Crippen LogP contribution in [-0.2, 0) is 4.79 Å². The lowest BCUT2D eigenvalue weighted by molar-refractivity contribution is -0.127. The van der Waals surface area contributed by atoms with Crippen LogP contribution in [0.5, 0.6) is 11.5 Å². The Labute approximate surface area is 259 Å². The molecule has 1 saturated heterocycles. The molecule has 2 unspecified atom stereocenters. The normalized spacial score (nSPS) is 18.1. The monoisotopic (exact) mass is 617 g/mol. The number of piperazine rings is 1. The molecule has 6 rings (SSSR count). The first kappa shape index (κ1) is 29.6. The smallest absolute Gasteiger partial charge is 0.354 e. The van der Waals surface area contributed by atoms with Gasteiger partial charge in [-0.1, -0.05) is 50.2 Å². The molecule has 1 amide bonds. The Morgan fingerprint density at radius 2 is 2.00 bits per heavy atom. The molecule has 2 aliphatic rings. The maximum absolute atomic E-state index is 17.3. The molecule has 2 aliphatic heterocycles. The number of para-hydroxylation sites is 1. The molecule has 0 spiro atoms. The van der Waals surface area contributed by atoms with E-state index in [4.69, 9.17) is 16.3 Å². The van der Waals surface area contributed by atoms with Crippen LogP contribution in [0.2, 0.25) is 5.02 Å². The Morgan fingerprint density at radius 1 is 1.25 bits per heavy atom. The summed E-state index contributed by atoms with van der Waals surface area (Å²) in [5.74, 6) is -0.872. The third-order valence-corrected chi connectivity index (χ3v) is 8.82. The highest BCUT2D eigenvalue weighted by molar-refractivity contribution is 6.36. The Morgan fingerprint density at radius 3 is 2.70 bits per heavy atom. The largest absolute Gasteiger partial charge is 0.507 e. The fourth-order valence-corrected chi connectivity index (χ4v) is 6.84. The van der Waals surface area contributed by atoms with Crippen LogP contribution >= 0.6 is 11.6 Å². The summed E-state index contributed by atoms with van der Waals surface area (Å²) in [6.45, 7) is 12.2. The number of carbonyl (C=O) groups excluding carboxylic acids is 1. The van der Waals surface area contributed by atoms with Gasteiger partial charge in [-0.05, 0) is 43.5 Å². The first-order chi connectivity index (χ1) is 21.0. The van der Waals surface area contributed by atoms with E-state index >= 15 is 4.39 Å². The van der Waals surface area contributed by atoms with Crippen molar-refractivity contribution >= 4 is 34.2 Å². The summed E-state index contributed by atoms with van der Waals surface area (Å²) in [4.78, 5) is 39.7. The van der Waals surface area contributed by atoms with Crippen molar-refractivity contribution in [1.82, 2.24) is 19.4 Å². The number of phenols is 1. The molecule has 0 aliphatic carbocycles. The number of phenolic OH excluding ortho intramolecular Hbond substituents is 1. The van der Waals surface area contributed by atoms with Crippen molar-refractivity contribution in [3.8, 4) is 28.3 Å². The number of ether oxygens (including phenoxy) is 1. The molecule has 44 heavy (non-hydrogen) atoms. The molecular formula is C33H33ClFN5O4. The van der Waals surface area contributed by atoms with E-state index in [1.54, 1.807) is 35.4 Å². The number of pyridine rings is 1. The number of benzene rings is 2. The van der Waals surface area contributed by atoms with Crippen molar-refractivity contribution in [1.29, 1.82) is 0 Å². The molecule has 0 saturated carbocycles. The molecule has 228 valence electrons. The lowest BCUT2D eigenvalue weighted by Crippen LogP contribution is -2.60. The summed E-state index contributed by atoms with van der Waals surface area (Å²) < 4.78 is 24.9. The molecule has 11 heteroatoms. The van der Waals surface area contributed by atoms with Gasteiger partial charge in [0.1, 0.15) is 17.1 Å². The summed E-state index contributed by atoms with van der Waals surface area (Å²) in [5, 5.41) is 11.0. The number of halogens is 2. The number of aromatic hydroxyl groups is 1. The Kier molecular flexibility index (Phi) is 7.57. The zero-order valence-corrected chi connectivity index (χ0v) is 25.7. The van der Waals surface area contributed by atoms with E-state index < -0.39 is 11.5 Å². The highest BCUT2D eigenvalue weighted by Crippen LogP contribution is 2.50. The van der Waals surface area contributed by atoms with Crippen LogP contribution in [0.3, 0.4) is 0 Å². The number of hydrogen-bond acceptors (Lipinski definition) is 7. The first-order valence-corrected chi connectivity index (χ1v) is 15.0. The zero-order valence-electron chi connectivity index (χ0n) is 25.0. The van der Waals surface area contributed by atoms with Crippen LogP contribution < -0.4 is 15.3 Å². The lowest BCUT2D eigenvalue weighted by atomic mass is 9.97. The fourth-order valence-electron chi connectivity index (χ4n) is 6.50. The Balaban J connectivity index is 1.77. The molecule has 0 radical (unpaired) electrons. The Hall–Kier alpha value is -4.44. The van der Waals surface area contributed by atoms with Gasteiger partial charge in [0.25, 0.3) is 0 Å². The van der Waals surface area contributed by atoms with Crippen LogP contribution in [0.15, 0.2) is 54.0 Å².